The number of hydrogen-bond donors (Lipinski definition) is 1. The Morgan fingerprint density at radius 1 is 1.28 bits per heavy atom. The Morgan fingerprint density at radius 3 is 2.72 bits per heavy atom. The van der Waals surface area contributed by atoms with E-state index in [4.69, 9.17) is 9.47 Å². The monoisotopic (exact) mass is 344 g/mol. The third-order valence-corrected chi connectivity index (χ3v) is 4.28. The van der Waals surface area contributed by atoms with Gasteiger partial charge in [0.05, 0.1) is 6.04 Å². The number of carbonyl (C=O) groups is 1. The van der Waals surface area contributed by atoms with Gasteiger partial charge in [-0.25, -0.2) is 4.39 Å². The van der Waals surface area contributed by atoms with Gasteiger partial charge in [0.1, 0.15) is 11.6 Å². The lowest BCUT2D eigenvalue weighted by Gasteiger charge is -2.31. The number of aromatic nitrogens is 1. The van der Waals surface area contributed by atoms with E-state index in [1.54, 1.807) is 12.4 Å². The number of carbonyl (C=O) groups excluding carboxylic acids is 1. The van der Waals surface area contributed by atoms with E-state index in [0.29, 0.717) is 24.9 Å². The molecule has 3 rings (SSSR count). The van der Waals surface area contributed by atoms with Gasteiger partial charge in [-0.05, 0) is 54.7 Å². The van der Waals surface area contributed by atoms with Crippen molar-refractivity contribution < 1.29 is 18.7 Å². The van der Waals surface area contributed by atoms with Crippen molar-refractivity contribution in [3.8, 4) is 5.75 Å². The Kier molecular flexibility index (Phi) is 5.95. The van der Waals surface area contributed by atoms with Gasteiger partial charge in [0, 0.05) is 25.6 Å². The summed E-state index contributed by atoms with van der Waals surface area (Å²) in [4.78, 5) is 16.5. The van der Waals surface area contributed by atoms with E-state index in [-0.39, 0.29) is 24.4 Å². The predicted molar refractivity (Wildman–Crippen MR) is 90.6 cm³/mol. The molecule has 2 aromatic rings. The van der Waals surface area contributed by atoms with Crippen LogP contribution in [-0.4, -0.2) is 30.7 Å². The average Bonchev–Trinajstić information content (AvgIpc) is 2.67. The summed E-state index contributed by atoms with van der Waals surface area (Å²) in [6.07, 6.45) is 5.27. The lowest BCUT2D eigenvalue weighted by molar-refractivity contribution is -0.124. The van der Waals surface area contributed by atoms with Gasteiger partial charge >= 0.3 is 0 Å². The van der Waals surface area contributed by atoms with Crippen molar-refractivity contribution in [2.24, 2.45) is 5.92 Å². The molecule has 2 heterocycles. The predicted octanol–water partition coefficient (Wildman–Crippen LogP) is 2.88. The van der Waals surface area contributed by atoms with Gasteiger partial charge in [0.2, 0.25) is 0 Å². The molecule has 1 aliphatic rings. The van der Waals surface area contributed by atoms with Crippen LogP contribution in [0.2, 0.25) is 0 Å². The zero-order chi connectivity index (χ0) is 17.5. The zero-order valence-electron chi connectivity index (χ0n) is 13.9. The highest BCUT2D eigenvalue weighted by Crippen LogP contribution is 2.29. The topological polar surface area (TPSA) is 60.5 Å². The molecular formula is C19H21FN2O3. The number of rotatable bonds is 6. The normalized spacial score (nSPS) is 16.2. The van der Waals surface area contributed by atoms with Gasteiger partial charge in [0.25, 0.3) is 5.91 Å². The minimum absolute atomic E-state index is 0.119. The first-order valence-electron chi connectivity index (χ1n) is 8.38. The fourth-order valence-corrected chi connectivity index (χ4v) is 2.98. The first kappa shape index (κ1) is 17.4. The summed E-state index contributed by atoms with van der Waals surface area (Å²) in [5.74, 6) is 0.200. The minimum atomic E-state index is -0.340. The molecule has 132 valence electrons. The highest BCUT2D eigenvalue weighted by Gasteiger charge is 2.27. The Labute approximate surface area is 146 Å². The number of halogens is 1. The van der Waals surface area contributed by atoms with Gasteiger partial charge in [-0.2, -0.15) is 0 Å². The summed E-state index contributed by atoms with van der Waals surface area (Å²) < 4.78 is 23.8. The fraction of sp³-hybridized carbons (Fsp3) is 0.368. The van der Waals surface area contributed by atoms with Crippen LogP contribution >= 0.6 is 0 Å². The standard InChI is InChI=1S/C19H21FN2O3/c20-16-3-5-17(6-4-16)25-13-18(23)22-19(14-7-10-24-11-8-14)15-2-1-9-21-12-15/h1-6,9,12,14,19H,7-8,10-11,13H2,(H,22,23). The maximum Gasteiger partial charge on any atom is 0.258 e. The van der Waals surface area contributed by atoms with Crippen molar-refractivity contribution in [2.75, 3.05) is 19.8 Å². The third kappa shape index (κ3) is 5.00. The number of ether oxygens (including phenoxy) is 2. The van der Waals surface area contributed by atoms with Crippen LogP contribution in [0.4, 0.5) is 4.39 Å². The SMILES string of the molecule is O=C(COc1ccc(F)cc1)NC(c1cccnc1)C1CCOCC1. The molecule has 1 fully saturated rings. The molecule has 25 heavy (non-hydrogen) atoms. The number of nitrogens with one attached hydrogen (secondary N) is 1. The highest BCUT2D eigenvalue weighted by atomic mass is 19.1. The first-order chi connectivity index (χ1) is 12.2. The summed E-state index contributed by atoms with van der Waals surface area (Å²) in [7, 11) is 0. The maximum absolute atomic E-state index is 12.9. The van der Waals surface area contributed by atoms with Gasteiger partial charge in [-0.1, -0.05) is 6.07 Å². The molecule has 1 aliphatic heterocycles. The molecule has 1 saturated heterocycles. The summed E-state index contributed by atoms with van der Waals surface area (Å²) in [6.45, 7) is 1.28. The largest absolute Gasteiger partial charge is 0.484 e. The molecular weight excluding hydrogens is 323 g/mol. The molecule has 1 atom stereocenters. The summed E-state index contributed by atoms with van der Waals surface area (Å²) in [5, 5.41) is 3.05. The Morgan fingerprint density at radius 2 is 2.04 bits per heavy atom. The maximum atomic E-state index is 12.9. The van der Waals surface area contributed by atoms with E-state index in [1.807, 2.05) is 12.1 Å². The molecule has 0 aliphatic carbocycles. The molecule has 6 heteroatoms. The second-order valence-electron chi connectivity index (χ2n) is 6.02. The van der Waals surface area contributed by atoms with Crippen LogP contribution in [-0.2, 0) is 9.53 Å². The minimum Gasteiger partial charge on any atom is -0.484 e. The number of nitrogens with zero attached hydrogens (tertiary/aromatic N) is 1. The Hall–Kier alpha value is -2.47. The molecule has 1 amide bonds. The number of amides is 1. The van der Waals surface area contributed by atoms with E-state index in [1.165, 1.54) is 24.3 Å². The van der Waals surface area contributed by atoms with E-state index in [0.717, 1.165) is 18.4 Å². The van der Waals surface area contributed by atoms with Gasteiger partial charge in [-0.3, -0.25) is 9.78 Å². The molecule has 0 bridgehead atoms. The summed E-state index contributed by atoms with van der Waals surface area (Å²) in [5.41, 5.74) is 0.976. The Balaban J connectivity index is 1.62. The van der Waals surface area contributed by atoms with E-state index in [9.17, 15) is 9.18 Å². The molecule has 0 saturated carbocycles. The number of benzene rings is 1. The smallest absolute Gasteiger partial charge is 0.258 e. The van der Waals surface area contributed by atoms with E-state index in [2.05, 4.69) is 10.3 Å². The van der Waals surface area contributed by atoms with Gasteiger partial charge in [0.15, 0.2) is 6.61 Å². The van der Waals surface area contributed by atoms with Crippen LogP contribution in [0.3, 0.4) is 0 Å². The van der Waals surface area contributed by atoms with Gasteiger partial charge < -0.3 is 14.8 Å². The molecule has 1 N–H and O–H groups in total. The number of pyridine rings is 1. The van der Waals surface area contributed by atoms with Crippen LogP contribution in [0.25, 0.3) is 0 Å². The highest BCUT2D eigenvalue weighted by molar-refractivity contribution is 5.78. The van der Waals surface area contributed by atoms with Crippen molar-refractivity contribution in [1.82, 2.24) is 10.3 Å². The van der Waals surface area contributed by atoms with Crippen LogP contribution in [0, 0.1) is 11.7 Å². The summed E-state index contributed by atoms with van der Waals surface area (Å²) >= 11 is 0. The summed E-state index contributed by atoms with van der Waals surface area (Å²) in [6, 6.07) is 9.31. The Bertz CT molecular complexity index is 673. The van der Waals surface area contributed by atoms with Crippen molar-refractivity contribution in [3.05, 3.63) is 60.2 Å². The van der Waals surface area contributed by atoms with Crippen molar-refractivity contribution >= 4 is 5.91 Å². The van der Waals surface area contributed by atoms with E-state index >= 15 is 0 Å². The number of hydrogen-bond acceptors (Lipinski definition) is 4. The second-order valence-corrected chi connectivity index (χ2v) is 6.02. The van der Waals surface area contributed by atoms with Crippen molar-refractivity contribution in [1.29, 1.82) is 0 Å². The molecule has 1 unspecified atom stereocenters. The molecule has 1 aromatic carbocycles. The molecule has 5 nitrogen and oxygen atoms in total. The van der Waals surface area contributed by atoms with Crippen LogP contribution in [0.5, 0.6) is 5.75 Å². The fourth-order valence-electron chi connectivity index (χ4n) is 2.98. The molecule has 0 spiro atoms. The van der Waals surface area contributed by atoms with Crippen LogP contribution < -0.4 is 10.1 Å². The second kappa shape index (κ2) is 8.58. The van der Waals surface area contributed by atoms with Crippen LogP contribution in [0.15, 0.2) is 48.8 Å². The quantitative estimate of drug-likeness (QED) is 0.875. The molecule has 1 aromatic heterocycles. The van der Waals surface area contributed by atoms with Crippen LogP contribution in [0.1, 0.15) is 24.4 Å². The third-order valence-electron chi connectivity index (χ3n) is 4.28. The lowest BCUT2D eigenvalue weighted by atomic mass is 9.87. The zero-order valence-corrected chi connectivity index (χ0v) is 13.9. The van der Waals surface area contributed by atoms with E-state index < -0.39 is 0 Å². The van der Waals surface area contributed by atoms with Gasteiger partial charge in [-0.15, -0.1) is 0 Å². The van der Waals surface area contributed by atoms with Crippen molar-refractivity contribution in [2.45, 2.75) is 18.9 Å². The lowest BCUT2D eigenvalue weighted by Crippen LogP contribution is -2.38. The molecule has 0 radical (unpaired) electrons. The van der Waals surface area contributed by atoms with Crippen molar-refractivity contribution in [3.63, 3.8) is 0 Å². The average molecular weight is 344 g/mol. The first-order valence-corrected chi connectivity index (χ1v) is 8.38.